The molecule has 0 fully saturated rings. The number of nitrogens with zero attached hydrogens (tertiary/aromatic N) is 2. The summed E-state index contributed by atoms with van der Waals surface area (Å²) in [5, 5.41) is 15.4. The van der Waals surface area contributed by atoms with Gasteiger partial charge >= 0.3 is 5.97 Å². The highest BCUT2D eigenvalue weighted by Crippen LogP contribution is 2.01. The predicted molar refractivity (Wildman–Crippen MR) is 36.9 cm³/mol. The van der Waals surface area contributed by atoms with E-state index in [0.717, 1.165) is 0 Å². The average molecular weight is 153 g/mol. The molecule has 0 aliphatic heterocycles. The van der Waals surface area contributed by atoms with Crippen LogP contribution in [-0.2, 0) is 6.54 Å². The lowest BCUT2D eigenvalue weighted by atomic mass is 10.2. The monoisotopic (exact) mass is 153 g/mol. The van der Waals surface area contributed by atoms with E-state index in [1.165, 1.54) is 12.3 Å². The first-order valence-electron chi connectivity index (χ1n) is 2.99. The van der Waals surface area contributed by atoms with Gasteiger partial charge in [-0.2, -0.15) is 5.10 Å². The van der Waals surface area contributed by atoms with Gasteiger partial charge in [0, 0.05) is 18.3 Å². The Balaban J connectivity index is 3.12. The van der Waals surface area contributed by atoms with Gasteiger partial charge in [-0.15, -0.1) is 5.10 Å². The molecule has 0 aliphatic carbocycles. The standard InChI is InChI=1S/C6H7N3O2/c7-3-4-1-2-8-9-5(4)6(10)11/h1-2H,3,7H2,(H,10,11). The van der Waals surface area contributed by atoms with Gasteiger partial charge in [-0.1, -0.05) is 0 Å². The Labute approximate surface area is 62.9 Å². The summed E-state index contributed by atoms with van der Waals surface area (Å²) in [7, 11) is 0. The summed E-state index contributed by atoms with van der Waals surface area (Å²) in [6.45, 7) is 0.164. The van der Waals surface area contributed by atoms with Crippen molar-refractivity contribution in [2.75, 3.05) is 0 Å². The van der Waals surface area contributed by atoms with Gasteiger partial charge in [0.15, 0.2) is 5.69 Å². The molecule has 0 spiro atoms. The Hall–Kier alpha value is -1.49. The van der Waals surface area contributed by atoms with Crippen LogP contribution < -0.4 is 5.73 Å². The van der Waals surface area contributed by atoms with Gasteiger partial charge in [-0.05, 0) is 6.07 Å². The molecule has 1 aromatic rings. The van der Waals surface area contributed by atoms with E-state index in [0.29, 0.717) is 5.56 Å². The van der Waals surface area contributed by atoms with Crippen LogP contribution in [0.1, 0.15) is 16.1 Å². The normalized spacial score (nSPS) is 9.55. The number of carbonyl (C=O) groups is 1. The highest BCUT2D eigenvalue weighted by Gasteiger charge is 2.09. The van der Waals surface area contributed by atoms with Crippen molar-refractivity contribution in [1.82, 2.24) is 10.2 Å². The Morgan fingerprint density at radius 2 is 2.45 bits per heavy atom. The maximum absolute atomic E-state index is 10.4. The lowest BCUT2D eigenvalue weighted by molar-refractivity contribution is 0.0688. The van der Waals surface area contributed by atoms with Crippen molar-refractivity contribution in [3.63, 3.8) is 0 Å². The van der Waals surface area contributed by atoms with Gasteiger partial charge in [-0.25, -0.2) is 4.79 Å². The number of nitrogens with two attached hydrogens (primary N) is 1. The quantitative estimate of drug-likeness (QED) is 0.605. The third-order valence-electron chi connectivity index (χ3n) is 1.23. The minimum absolute atomic E-state index is 0.0741. The highest BCUT2D eigenvalue weighted by molar-refractivity contribution is 5.86. The third-order valence-corrected chi connectivity index (χ3v) is 1.23. The van der Waals surface area contributed by atoms with Crippen LogP contribution >= 0.6 is 0 Å². The van der Waals surface area contributed by atoms with Crippen LogP contribution in [0.4, 0.5) is 0 Å². The molecule has 1 aromatic heterocycles. The maximum atomic E-state index is 10.4. The van der Waals surface area contributed by atoms with Crippen molar-refractivity contribution >= 4 is 5.97 Å². The molecule has 0 atom stereocenters. The van der Waals surface area contributed by atoms with Crippen molar-refractivity contribution in [1.29, 1.82) is 0 Å². The Kier molecular flexibility index (Phi) is 2.12. The second kappa shape index (κ2) is 3.07. The van der Waals surface area contributed by atoms with Crippen LogP contribution in [0.2, 0.25) is 0 Å². The molecule has 0 aliphatic rings. The number of carboxylic acid groups (broad SMARTS) is 1. The van der Waals surface area contributed by atoms with E-state index in [4.69, 9.17) is 10.8 Å². The number of carboxylic acids is 1. The first-order chi connectivity index (χ1) is 5.25. The summed E-state index contributed by atoms with van der Waals surface area (Å²) < 4.78 is 0. The molecule has 5 nitrogen and oxygen atoms in total. The third kappa shape index (κ3) is 1.50. The molecule has 1 rings (SSSR count). The first kappa shape index (κ1) is 7.62. The number of aromatic nitrogens is 2. The maximum Gasteiger partial charge on any atom is 0.356 e. The van der Waals surface area contributed by atoms with Crippen LogP contribution in [-0.4, -0.2) is 21.3 Å². The Morgan fingerprint density at radius 1 is 1.73 bits per heavy atom. The molecule has 11 heavy (non-hydrogen) atoms. The zero-order valence-electron chi connectivity index (χ0n) is 5.69. The van der Waals surface area contributed by atoms with Crippen LogP contribution in [0, 0.1) is 0 Å². The van der Waals surface area contributed by atoms with E-state index in [-0.39, 0.29) is 12.2 Å². The Bertz CT molecular complexity index is 274. The molecular weight excluding hydrogens is 146 g/mol. The number of aromatic carboxylic acids is 1. The van der Waals surface area contributed by atoms with Crippen molar-refractivity contribution < 1.29 is 9.90 Å². The summed E-state index contributed by atoms with van der Waals surface area (Å²) in [5.74, 6) is -1.10. The smallest absolute Gasteiger partial charge is 0.356 e. The minimum atomic E-state index is -1.10. The summed E-state index contributed by atoms with van der Waals surface area (Å²) >= 11 is 0. The van der Waals surface area contributed by atoms with Crippen LogP contribution in [0.5, 0.6) is 0 Å². The molecule has 3 N–H and O–H groups in total. The lowest BCUT2D eigenvalue weighted by Crippen LogP contribution is -2.09. The summed E-state index contributed by atoms with van der Waals surface area (Å²) in [4.78, 5) is 10.4. The Morgan fingerprint density at radius 3 is 2.91 bits per heavy atom. The zero-order chi connectivity index (χ0) is 8.27. The predicted octanol–water partition coefficient (Wildman–Crippen LogP) is -0.366. The molecule has 0 amide bonds. The summed E-state index contributed by atoms with van der Waals surface area (Å²) in [6.07, 6.45) is 1.41. The number of rotatable bonds is 2. The van der Waals surface area contributed by atoms with Crippen molar-refractivity contribution in [2.45, 2.75) is 6.54 Å². The van der Waals surface area contributed by atoms with Crippen molar-refractivity contribution in [3.8, 4) is 0 Å². The van der Waals surface area contributed by atoms with Gasteiger partial charge in [0.25, 0.3) is 0 Å². The minimum Gasteiger partial charge on any atom is -0.476 e. The van der Waals surface area contributed by atoms with Gasteiger partial charge in [0.05, 0.1) is 0 Å². The summed E-state index contributed by atoms with van der Waals surface area (Å²) in [6, 6.07) is 1.54. The van der Waals surface area contributed by atoms with E-state index in [1.54, 1.807) is 0 Å². The molecule has 5 heteroatoms. The SMILES string of the molecule is NCc1ccnnc1C(=O)O. The molecule has 0 saturated carbocycles. The highest BCUT2D eigenvalue weighted by atomic mass is 16.4. The largest absolute Gasteiger partial charge is 0.476 e. The number of hydrogen-bond acceptors (Lipinski definition) is 4. The molecule has 0 aromatic carbocycles. The van der Waals surface area contributed by atoms with E-state index in [9.17, 15) is 4.79 Å². The molecule has 58 valence electrons. The molecular formula is C6H7N3O2. The van der Waals surface area contributed by atoms with Gasteiger partial charge in [0.1, 0.15) is 0 Å². The molecule has 0 radical (unpaired) electrons. The summed E-state index contributed by atoms with van der Waals surface area (Å²) in [5.41, 5.74) is 5.68. The van der Waals surface area contributed by atoms with Crippen molar-refractivity contribution in [2.24, 2.45) is 5.73 Å². The topological polar surface area (TPSA) is 89.1 Å². The molecule has 0 bridgehead atoms. The van der Waals surface area contributed by atoms with E-state index >= 15 is 0 Å². The molecule has 0 unspecified atom stereocenters. The van der Waals surface area contributed by atoms with E-state index in [1.807, 2.05) is 0 Å². The lowest BCUT2D eigenvalue weighted by Gasteiger charge is -1.97. The van der Waals surface area contributed by atoms with E-state index < -0.39 is 5.97 Å². The van der Waals surface area contributed by atoms with Crippen molar-refractivity contribution in [3.05, 3.63) is 23.5 Å². The van der Waals surface area contributed by atoms with Gasteiger partial charge < -0.3 is 10.8 Å². The average Bonchev–Trinajstić information content (AvgIpc) is 2.04. The number of hydrogen-bond donors (Lipinski definition) is 2. The fraction of sp³-hybridized carbons (Fsp3) is 0.167. The fourth-order valence-corrected chi connectivity index (χ4v) is 0.702. The van der Waals surface area contributed by atoms with E-state index in [2.05, 4.69) is 10.2 Å². The van der Waals surface area contributed by atoms with Gasteiger partial charge in [0.2, 0.25) is 0 Å². The molecule has 1 heterocycles. The zero-order valence-corrected chi connectivity index (χ0v) is 5.69. The van der Waals surface area contributed by atoms with Crippen LogP contribution in [0.25, 0.3) is 0 Å². The van der Waals surface area contributed by atoms with Gasteiger partial charge in [-0.3, -0.25) is 0 Å². The fourth-order valence-electron chi connectivity index (χ4n) is 0.702. The second-order valence-corrected chi connectivity index (χ2v) is 1.91. The first-order valence-corrected chi connectivity index (χ1v) is 2.99. The molecule has 0 saturated heterocycles. The second-order valence-electron chi connectivity index (χ2n) is 1.91. The van der Waals surface area contributed by atoms with Crippen LogP contribution in [0.3, 0.4) is 0 Å². The van der Waals surface area contributed by atoms with Crippen LogP contribution in [0.15, 0.2) is 12.3 Å².